The van der Waals surface area contributed by atoms with Crippen LogP contribution in [-0.2, 0) is 19.1 Å². The first-order valence-corrected chi connectivity index (χ1v) is 16.5. The van der Waals surface area contributed by atoms with Gasteiger partial charge in [0, 0.05) is 31.4 Å². The summed E-state index contributed by atoms with van der Waals surface area (Å²) in [6, 6.07) is 15.7. The number of amides is 1. The zero-order valence-electron chi connectivity index (χ0n) is 25.1. The van der Waals surface area contributed by atoms with Crippen LogP contribution in [0.4, 0.5) is 28.9 Å². The van der Waals surface area contributed by atoms with E-state index in [1.165, 1.54) is 28.6 Å². The molecule has 2 atom stereocenters. The third-order valence-corrected chi connectivity index (χ3v) is 9.34. The molecule has 45 heavy (non-hydrogen) atoms. The molecule has 0 bridgehead atoms. The summed E-state index contributed by atoms with van der Waals surface area (Å²) in [4.78, 5) is 13.7. The highest BCUT2D eigenvalue weighted by Gasteiger charge is 2.33. The van der Waals surface area contributed by atoms with Crippen LogP contribution in [0, 0.1) is 5.82 Å². The Balaban J connectivity index is 1.57. The topological polar surface area (TPSA) is 117 Å². The fourth-order valence-electron chi connectivity index (χ4n) is 5.22. The van der Waals surface area contributed by atoms with Gasteiger partial charge < -0.3 is 21.1 Å². The van der Waals surface area contributed by atoms with E-state index in [1.807, 2.05) is 32.0 Å². The molecule has 1 fully saturated rings. The number of carbonyl (C=O) groups excluding carboxylic acids is 1. The average Bonchev–Trinajstić information content (AvgIpc) is 2.97. The number of aliphatic hydroxyl groups is 1. The highest BCUT2D eigenvalue weighted by Crippen LogP contribution is 2.51. The quantitative estimate of drug-likeness (QED) is 0.125. The largest absolute Gasteiger partial charge is 0.416 e. The molecule has 1 amide bonds. The zero-order valence-corrected chi connectivity index (χ0v) is 26.0. The second-order valence-electron chi connectivity index (χ2n) is 11.5. The van der Waals surface area contributed by atoms with E-state index in [1.54, 1.807) is 12.1 Å². The fourth-order valence-corrected chi connectivity index (χ4v) is 6.90. The zero-order chi connectivity index (χ0) is 32.8. The van der Waals surface area contributed by atoms with Crippen LogP contribution in [0.3, 0.4) is 0 Å². The molecule has 1 aliphatic heterocycles. The summed E-state index contributed by atoms with van der Waals surface area (Å²) in [6.45, 7) is 3.91. The van der Waals surface area contributed by atoms with Gasteiger partial charge in [0.15, 0.2) is 5.82 Å². The van der Waals surface area contributed by atoms with Crippen molar-refractivity contribution in [2.75, 3.05) is 28.5 Å². The lowest BCUT2D eigenvalue weighted by molar-refractivity contribution is -0.137. The first-order valence-electron chi connectivity index (χ1n) is 14.8. The molecule has 0 saturated carbocycles. The second kappa shape index (κ2) is 14.8. The molecule has 13 heteroatoms. The Morgan fingerprint density at radius 1 is 1.00 bits per heavy atom. The SMILES string of the molecule is CC(C)Nc1cc(C(=O)N[C@@H](Cc2ccccc2)[C@H](O)CNCc2cccc(C(F)(F)F)c2)c(F)c(N2CCCCS2(O)O)c1. The van der Waals surface area contributed by atoms with Crippen LogP contribution >= 0.6 is 10.8 Å². The minimum Gasteiger partial charge on any atom is -0.390 e. The average molecular weight is 653 g/mol. The molecular formula is C32H40F4N4O4S. The van der Waals surface area contributed by atoms with E-state index >= 15 is 4.39 Å². The molecule has 3 aromatic carbocycles. The van der Waals surface area contributed by atoms with Crippen LogP contribution in [-0.4, -0.2) is 57.1 Å². The molecular weight excluding hydrogens is 612 g/mol. The van der Waals surface area contributed by atoms with E-state index in [-0.39, 0.29) is 49.1 Å². The molecule has 4 rings (SSSR count). The van der Waals surface area contributed by atoms with Gasteiger partial charge in [0.05, 0.1) is 34.7 Å². The Morgan fingerprint density at radius 3 is 2.38 bits per heavy atom. The van der Waals surface area contributed by atoms with Crippen LogP contribution in [0.5, 0.6) is 0 Å². The predicted octanol–water partition coefficient (Wildman–Crippen LogP) is 6.42. The van der Waals surface area contributed by atoms with Crippen molar-refractivity contribution in [3.8, 4) is 0 Å². The van der Waals surface area contributed by atoms with Crippen LogP contribution in [0.15, 0.2) is 66.7 Å². The number of aliphatic hydroxyl groups excluding tert-OH is 1. The van der Waals surface area contributed by atoms with Crippen molar-refractivity contribution in [2.24, 2.45) is 0 Å². The van der Waals surface area contributed by atoms with Gasteiger partial charge in [-0.25, -0.2) is 4.39 Å². The van der Waals surface area contributed by atoms with Gasteiger partial charge in [0.2, 0.25) is 0 Å². The monoisotopic (exact) mass is 652 g/mol. The lowest BCUT2D eigenvalue weighted by atomic mass is 10.00. The Hall–Kier alpha value is -3.36. The summed E-state index contributed by atoms with van der Waals surface area (Å²) >= 11 is 0. The molecule has 246 valence electrons. The summed E-state index contributed by atoms with van der Waals surface area (Å²) in [5.41, 5.74) is 0.354. The molecule has 6 N–H and O–H groups in total. The van der Waals surface area contributed by atoms with Gasteiger partial charge in [-0.15, -0.1) is 10.8 Å². The number of anilines is 2. The van der Waals surface area contributed by atoms with E-state index in [0.29, 0.717) is 24.1 Å². The van der Waals surface area contributed by atoms with Crippen molar-refractivity contribution in [2.45, 2.75) is 64.0 Å². The van der Waals surface area contributed by atoms with Gasteiger partial charge in [-0.3, -0.25) is 18.2 Å². The third-order valence-electron chi connectivity index (χ3n) is 7.42. The van der Waals surface area contributed by atoms with E-state index in [2.05, 4.69) is 16.0 Å². The van der Waals surface area contributed by atoms with Crippen LogP contribution in [0.1, 0.15) is 53.7 Å². The molecule has 0 radical (unpaired) electrons. The number of hydrogen-bond donors (Lipinski definition) is 6. The normalized spacial score (nSPS) is 17.1. The van der Waals surface area contributed by atoms with Crippen molar-refractivity contribution < 1.29 is 36.6 Å². The van der Waals surface area contributed by atoms with Gasteiger partial charge in [0.1, 0.15) is 0 Å². The van der Waals surface area contributed by atoms with Crippen molar-refractivity contribution in [1.82, 2.24) is 10.6 Å². The molecule has 1 saturated heterocycles. The Morgan fingerprint density at radius 2 is 1.71 bits per heavy atom. The van der Waals surface area contributed by atoms with E-state index in [4.69, 9.17) is 0 Å². The smallest absolute Gasteiger partial charge is 0.390 e. The maximum atomic E-state index is 16.1. The van der Waals surface area contributed by atoms with E-state index in [9.17, 15) is 32.2 Å². The number of alkyl halides is 3. The minimum atomic E-state index is -4.48. The summed E-state index contributed by atoms with van der Waals surface area (Å²) in [5.74, 6) is -1.64. The minimum absolute atomic E-state index is 0.0378. The number of halogens is 4. The first kappa shape index (κ1) is 34.5. The standard InChI is InChI=1S/C32H40F4N4O4S/c1-21(2)38-25-17-26(30(33)28(18-25)40-13-6-7-14-45(40,43)44)31(42)39-27(16-22-9-4-3-5-10-22)29(41)20-37-19-23-11-8-12-24(15-23)32(34,35)36/h3-5,8-12,15,17-18,21,27,29,37-38,41,43-44H,6-7,13-14,16,19-20H2,1-2H3,(H,39,42)/t27-,29+/m0/s1. The predicted molar refractivity (Wildman–Crippen MR) is 170 cm³/mol. The van der Waals surface area contributed by atoms with Gasteiger partial charge in [-0.05, 0) is 62.4 Å². The molecule has 0 aromatic heterocycles. The van der Waals surface area contributed by atoms with E-state index < -0.39 is 46.4 Å². The number of benzene rings is 3. The van der Waals surface area contributed by atoms with Gasteiger partial charge in [-0.2, -0.15) is 13.2 Å². The molecule has 0 aliphatic carbocycles. The molecule has 0 spiro atoms. The number of rotatable bonds is 12. The molecule has 8 nitrogen and oxygen atoms in total. The van der Waals surface area contributed by atoms with Crippen molar-refractivity contribution in [1.29, 1.82) is 0 Å². The summed E-state index contributed by atoms with van der Waals surface area (Å²) < 4.78 is 78.0. The Labute approximate surface area is 262 Å². The van der Waals surface area contributed by atoms with Crippen LogP contribution < -0.4 is 20.3 Å². The number of nitrogens with one attached hydrogen (secondary N) is 3. The second-order valence-corrected chi connectivity index (χ2v) is 13.6. The fraction of sp³-hybridized carbons (Fsp3) is 0.406. The maximum absolute atomic E-state index is 16.1. The highest BCUT2D eigenvalue weighted by atomic mass is 32.3. The summed E-state index contributed by atoms with van der Waals surface area (Å²) in [6.07, 6.45) is -4.29. The number of nitrogens with zero attached hydrogens (tertiary/aromatic N) is 1. The van der Waals surface area contributed by atoms with E-state index in [0.717, 1.165) is 17.7 Å². The number of carbonyl (C=O) groups is 1. The molecule has 3 aromatic rings. The Bertz CT molecular complexity index is 1440. The lowest BCUT2D eigenvalue weighted by Crippen LogP contribution is -2.49. The van der Waals surface area contributed by atoms with Crippen LogP contribution in [0.25, 0.3) is 0 Å². The van der Waals surface area contributed by atoms with Crippen LogP contribution in [0.2, 0.25) is 0 Å². The molecule has 1 aliphatic rings. The maximum Gasteiger partial charge on any atom is 0.416 e. The lowest BCUT2D eigenvalue weighted by Gasteiger charge is -2.47. The molecule has 0 unspecified atom stereocenters. The molecule has 1 heterocycles. The summed E-state index contributed by atoms with van der Waals surface area (Å²) in [7, 11) is -3.28. The third kappa shape index (κ3) is 9.33. The van der Waals surface area contributed by atoms with Crippen molar-refractivity contribution in [3.63, 3.8) is 0 Å². The van der Waals surface area contributed by atoms with Gasteiger partial charge in [0.25, 0.3) is 5.91 Å². The number of hydrogen-bond acceptors (Lipinski definition) is 7. The van der Waals surface area contributed by atoms with Gasteiger partial charge in [-0.1, -0.05) is 48.5 Å². The Kier molecular flexibility index (Phi) is 11.4. The van der Waals surface area contributed by atoms with Crippen molar-refractivity contribution in [3.05, 3.63) is 94.8 Å². The van der Waals surface area contributed by atoms with Crippen molar-refractivity contribution >= 4 is 28.1 Å². The van der Waals surface area contributed by atoms with Gasteiger partial charge >= 0.3 is 6.18 Å². The highest BCUT2D eigenvalue weighted by molar-refractivity contribution is 8.25. The first-order chi connectivity index (χ1) is 21.2. The summed E-state index contributed by atoms with van der Waals surface area (Å²) in [5, 5.41) is 20.0.